The summed E-state index contributed by atoms with van der Waals surface area (Å²) in [5.41, 5.74) is 0. The van der Waals surface area contributed by atoms with E-state index < -0.39 is 336 Å². The molecule has 9 fully saturated rings. The van der Waals surface area contributed by atoms with Crippen LogP contribution in [0, 0.1) is 0 Å². The van der Waals surface area contributed by atoms with Crippen molar-refractivity contribution in [2.45, 2.75) is 276 Å². The smallest absolute Gasteiger partial charge is 0.187 e. The van der Waals surface area contributed by atoms with E-state index in [2.05, 4.69) is 0 Å². The van der Waals surface area contributed by atoms with Crippen LogP contribution >= 0.6 is 0 Å². The fourth-order valence-corrected chi connectivity index (χ4v) is 12.7. The molecule has 0 bridgehead atoms. The van der Waals surface area contributed by atoms with Gasteiger partial charge in [0.15, 0.2) is 56.6 Å². The first kappa shape index (κ1) is 82.2. The van der Waals surface area contributed by atoms with Crippen LogP contribution in [-0.2, 0) is 80.5 Å². The number of aliphatic hydroxyl groups excluding tert-OH is 29. The second-order valence-corrected chi connectivity index (χ2v) is 25.3. The van der Waals surface area contributed by atoms with Crippen LogP contribution in [-0.4, -0.2) is 484 Å². The highest BCUT2D eigenvalue weighted by molar-refractivity contribution is 5.02. The minimum Gasteiger partial charge on any atom is -0.394 e. The summed E-state index contributed by atoms with van der Waals surface area (Å²) in [6.07, 6.45) is -94.6. The van der Waals surface area contributed by atoms with Crippen LogP contribution in [0.4, 0.5) is 0 Å². The lowest BCUT2D eigenvalue weighted by Crippen LogP contribution is -2.68. The molecule has 584 valence electrons. The van der Waals surface area contributed by atoms with E-state index in [1.54, 1.807) is 0 Å². The quantitative estimate of drug-likeness (QED) is 0.0404. The van der Waals surface area contributed by atoms with Crippen molar-refractivity contribution in [2.24, 2.45) is 0 Å². The molecule has 0 aromatic heterocycles. The Morgan fingerprint density at radius 3 is 0.700 bits per heavy atom. The third-order valence-electron chi connectivity index (χ3n) is 18.7. The highest BCUT2D eigenvalue weighted by Crippen LogP contribution is 2.39. The number of aliphatic hydroxyl groups is 29. The number of rotatable bonds is 25. The molecule has 19 unspecified atom stereocenters. The molecule has 9 heterocycles. The lowest BCUT2D eigenvalue weighted by molar-refractivity contribution is -0.404. The first-order chi connectivity index (χ1) is 47.4. The van der Waals surface area contributed by atoms with Crippen LogP contribution in [0.1, 0.15) is 0 Å². The largest absolute Gasteiger partial charge is 0.394 e. The zero-order valence-corrected chi connectivity index (χ0v) is 52.3. The van der Waals surface area contributed by atoms with Gasteiger partial charge in [-0.25, -0.2) is 0 Å². The molecule has 0 aromatic carbocycles. The Labute approximate surface area is 563 Å². The number of hydrogen-bond donors (Lipinski definition) is 29. The summed E-state index contributed by atoms with van der Waals surface area (Å²) in [5.74, 6) is 0. The van der Waals surface area contributed by atoms with Gasteiger partial charge >= 0.3 is 0 Å². The fraction of sp³-hybridized carbons (Fsp3) is 1.00. The van der Waals surface area contributed by atoms with Gasteiger partial charge in [0, 0.05) is 0 Å². The van der Waals surface area contributed by atoms with E-state index >= 15 is 0 Å². The molecule has 0 spiro atoms. The lowest BCUT2D eigenvalue weighted by Gasteiger charge is -2.50. The van der Waals surface area contributed by atoms with Crippen LogP contribution in [0.3, 0.4) is 0 Å². The van der Waals surface area contributed by atoms with Crippen LogP contribution in [0.2, 0.25) is 0 Å². The zero-order valence-electron chi connectivity index (χ0n) is 52.3. The van der Waals surface area contributed by atoms with E-state index in [0.717, 1.165) is 0 Å². The Balaban J connectivity index is 0.987. The molecule has 9 saturated heterocycles. The van der Waals surface area contributed by atoms with Gasteiger partial charge in [-0.2, -0.15) is 0 Å². The molecular formula is C54H92O46. The van der Waals surface area contributed by atoms with Crippen molar-refractivity contribution in [2.75, 3.05) is 59.5 Å². The molecular weight excluding hydrogens is 1380 g/mol. The van der Waals surface area contributed by atoms with E-state index in [9.17, 15) is 148 Å². The van der Waals surface area contributed by atoms with Crippen LogP contribution < -0.4 is 0 Å². The maximum Gasteiger partial charge on any atom is 0.187 e. The second-order valence-electron chi connectivity index (χ2n) is 25.3. The van der Waals surface area contributed by atoms with E-state index in [1.807, 2.05) is 0 Å². The van der Waals surface area contributed by atoms with E-state index in [-0.39, 0.29) is 0 Å². The predicted molar refractivity (Wildman–Crippen MR) is 297 cm³/mol. The van der Waals surface area contributed by atoms with Crippen molar-refractivity contribution in [1.29, 1.82) is 0 Å². The molecule has 0 saturated carbocycles. The van der Waals surface area contributed by atoms with E-state index in [0.29, 0.717) is 0 Å². The summed E-state index contributed by atoms with van der Waals surface area (Å²) in [5, 5.41) is 314. The summed E-state index contributed by atoms with van der Waals surface area (Å²) < 4.78 is 97.2. The lowest BCUT2D eigenvalue weighted by atomic mass is 9.95. The van der Waals surface area contributed by atoms with Gasteiger partial charge in [0.05, 0.1) is 59.5 Å². The molecule has 9 aliphatic rings. The molecule has 9 rings (SSSR count). The van der Waals surface area contributed by atoms with Crippen molar-refractivity contribution in [3.05, 3.63) is 0 Å². The van der Waals surface area contributed by atoms with Gasteiger partial charge in [-0.3, -0.25) is 0 Å². The average Bonchev–Trinajstić information content (AvgIpc) is 0.781. The molecule has 0 aromatic rings. The average molecular weight is 1480 g/mol. The second kappa shape index (κ2) is 35.5. The molecule has 46 nitrogen and oxygen atoms in total. The summed E-state index contributed by atoms with van der Waals surface area (Å²) in [7, 11) is 0. The number of ether oxygens (including phenoxy) is 17. The van der Waals surface area contributed by atoms with Gasteiger partial charge in [-0.05, 0) is 0 Å². The Hall–Kier alpha value is -1.84. The summed E-state index contributed by atoms with van der Waals surface area (Å²) >= 11 is 0. The summed E-state index contributed by atoms with van der Waals surface area (Å²) in [6.45, 7) is -9.52. The first-order valence-electron chi connectivity index (χ1n) is 31.7. The van der Waals surface area contributed by atoms with Crippen LogP contribution in [0.5, 0.6) is 0 Å². The molecule has 0 aliphatic carbocycles. The van der Waals surface area contributed by atoms with Crippen molar-refractivity contribution in [3.63, 3.8) is 0 Å². The molecule has 9 aliphatic heterocycles. The zero-order chi connectivity index (χ0) is 73.4. The Morgan fingerprint density at radius 2 is 0.390 bits per heavy atom. The molecule has 0 amide bonds. The Bertz CT molecular complexity index is 2450. The van der Waals surface area contributed by atoms with Gasteiger partial charge in [0.25, 0.3) is 0 Å². The summed E-state index contributed by atoms with van der Waals surface area (Å²) in [6, 6.07) is 0. The van der Waals surface area contributed by atoms with Crippen LogP contribution in [0.25, 0.3) is 0 Å². The van der Waals surface area contributed by atoms with Crippen molar-refractivity contribution in [3.8, 4) is 0 Å². The van der Waals surface area contributed by atoms with E-state index in [1.165, 1.54) is 0 Å². The minimum absolute atomic E-state index is 0.965. The van der Waals surface area contributed by atoms with Gasteiger partial charge < -0.3 is 229 Å². The predicted octanol–water partition coefficient (Wildman–Crippen LogP) is -20.6. The Morgan fingerprint density at radius 1 is 0.170 bits per heavy atom. The maximum absolute atomic E-state index is 12.2. The van der Waals surface area contributed by atoms with Gasteiger partial charge in [-0.1, -0.05) is 0 Å². The third kappa shape index (κ3) is 17.0. The molecule has 46 heteroatoms. The Kier molecular flexibility index (Phi) is 29.2. The normalized spacial score (nSPS) is 53.7. The molecule has 0 radical (unpaired) electrons. The summed E-state index contributed by atoms with van der Waals surface area (Å²) in [4.78, 5) is 0. The van der Waals surface area contributed by atoms with E-state index in [4.69, 9.17) is 80.5 Å². The third-order valence-corrected chi connectivity index (χ3v) is 18.7. The highest BCUT2D eigenvalue weighted by atomic mass is 16.8. The topological polar surface area (TPSA) is 744 Å². The van der Waals surface area contributed by atoms with Gasteiger partial charge in [-0.15, -0.1) is 0 Å². The molecule has 29 N–H and O–H groups in total. The van der Waals surface area contributed by atoms with Crippen molar-refractivity contribution >= 4 is 0 Å². The first-order valence-corrected chi connectivity index (χ1v) is 31.7. The van der Waals surface area contributed by atoms with Crippen LogP contribution in [0.15, 0.2) is 0 Å². The van der Waals surface area contributed by atoms with Crippen molar-refractivity contribution < 1.29 is 229 Å². The van der Waals surface area contributed by atoms with Gasteiger partial charge in [0.2, 0.25) is 0 Å². The standard InChI is InChI=1S/C54H92O46/c55-1-10-19(62)28(71)35(78)48(87-10)97-42-31(74)22(65)13(4-58)90-51(42)85-9-18-27(70)41(96-52-43(32(75)23(66)14(5-59)91-52)98-49-36(79)29(72)20(63)11(2-56)88-49)39(82)47(94-18)84-8-17-26(69)40(38(81)46(83)86-17)95-53-45(34(77)25(68)15(6-60)92-53)100-54-44(33(76)24(67)16(7-61)93-54)99-50-37(80)30(73)21(64)12(3-57)89-50/h10-83H,1-9H2/t10?,11-,12-,13?,14-,15-,16-,17?,18?,19+,20+,21+,22+,23+,24+,25+,26?,27+,28-,29?,30?,31-,32?,33?,34?,35?,36?,37?,38?,39?,40-,41-,42?,43?,44?,45?,46+,47-,48+,49+,50+,51-,52+,53+,54+/m0/s1. The van der Waals surface area contributed by atoms with Gasteiger partial charge in [0.1, 0.15) is 220 Å². The number of hydrogen-bond acceptors (Lipinski definition) is 46. The molecule has 45 atom stereocenters. The molecule has 100 heavy (non-hydrogen) atoms. The minimum atomic E-state index is -2.44. The SMILES string of the molecule is OCC1O[C@H](OC2[C@@H](OCC3O[C@H](OCC4O[C@@H](O)C(O)[C@@H](O[C@H]5O[C@@H](CO)[C@@H](O)C(O)C5O[C@H]5O[C@@H](CO)[C@@H](O)C(O)C5O[C@H]5O[C@@H](CO)[C@@H](O)C(O)C5O)C4O)C(O)[C@@H](O[C@H]4O[C@@H](CO)[C@@H](O)C(O)C4O[C@H]4O[C@@H](CO)[C@@H](O)C(O)C4O)[C@@H]3O)OC(CO)[C@@H](O)[C@@H]2O)C(O)[C@@H](O)[C@@H]1O. The monoisotopic (exact) mass is 1480 g/mol. The highest BCUT2D eigenvalue weighted by Gasteiger charge is 2.60. The maximum atomic E-state index is 12.2. The fourth-order valence-electron chi connectivity index (χ4n) is 12.7. The van der Waals surface area contributed by atoms with Crippen molar-refractivity contribution in [1.82, 2.24) is 0 Å².